The van der Waals surface area contributed by atoms with Gasteiger partial charge in [0.2, 0.25) is 5.95 Å². The molecule has 1 aromatic carbocycles. The molecular formula is C22H25FN6O. The number of hydrogen-bond acceptors (Lipinski definition) is 5. The van der Waals surface area contributed by atoms with E-state index < -0.39 is 0 Å². The van der Waals surface area contributed by atoms with Gasteiger partial charge in [0.25, 0.3) is 5.91 Å². The van der Waals surface area contributed by atoms with Gasteiger partial charge in [0.15, 0.2) is 0 Å². The van der Waals surface area contributed by atoms with Gasteiger partial charge in [0.05, 0.1) is 17.5 Å². The molecule has 0 bridgehead atoms. The minimum Gasteiger partial charge on any atom is -0.347 e. The van der Waals surface area contributed by atoms with Crippen molar-refractivity contribution >= 4 is 11.9 Å². The van der Waals surface area contributed by atoms with Crippen molar-refractivity contribution in [2.45, 2.75) is 18.8 Å². The number of aromatic nitrogens is 4. The normalized spacial score (nSPS) is 14.7. The van der Waals surface area contributed by atoms with Gasteiger partial charge in [-0.1, -0.05) is 12.1 Å². The quantitative estimate of drug-likeness (QED) is 0.664. The van der Waals surface area contributed by atoms with Gasteiger partial charge in [-0.2, -0.15) is 5.10 Å². The molecule has 30 heavy (non-hydrogen) atoms. The summed E-state index contributed by atoms with van der Waals surface area (Å²) in [6.07, 6.45) is 6.79. The van der Waals surface area contributed by atoms with E-state index in [1.165, 1.54) is 12.1 Å². The summed E-state index contributed by atoms with van der Waals surface area (Å²) in [5.41, 5.74) is 3.37. The number of piperidine rings is 1. The predicted octanol–water partition coefficient (Wildman–Crippen LogP) is 3.10. The highest BCUT2D eigenvalue weighted by atomic mass is 19.1. The summed E-state index contributed by atoms with van der Waals surface area (Å²) < 4.78 is 15.0. The SMILES string of the molecule is CN(C)c1ncc(-c2ccc(F)cc2)c(C2CCN(C(=O)c3cnn(C)c3)CC2)n1. The number of nitrogens with zero attached hydrogens (tertiary/aromatic N) is 6. The second-order valence-electron chi connectivity index (χ2n) is 7.84. The summed E-state index contributed by atoms with van der Waals surface area (Å²) in [7, 11) is 5.62. The number of carbonyl (C=O) groups excluding carboxylic acids is 1. The molecule has 0 spiro atoms. The first kappa shape index (κ1) is 20.0. The zero-order chi connectivity index (χ0) is 21.3. The fourth-order valence-electron chi connectivity index (χ4n) is 3.83. The van der Waals surface area contributed by atoms with Crippen LogP contribution in [0.5, 0.6) is 0 Å². The first-order valence-electron chi connectivity index (χ1n) is 10.0. The minimum absolute atomic E-state index is 0.0111. The molecule has 156 valence electrons. The summed E-state index contributed by atoms with van der Waals surface area (Å²) >= 11 is 0. The topological polar surface area (TPSA) is 67.2 Å². The lowest BCUT2D eigenvalue weighted by Crippen LogP contribution is -2.38. The molecular weight excluding hydrogens is 383 g/mol. The van der Waals surface area contributed by atoms with Crippen molar-refractivity contribution in [3.8, 4) is 11.1 Å². The Bertz CT molecular complexity index is 1040. The number of benzene rings is 1. The fraction of sp³-hybridized carbons (Fsp3) is 0.364. The Morgan fingerprint density at radius 1 is 1.13 bits per heavy atom. The molecule has 1 aliphatic rings. The van der Waals surface area contributed by atoms with Crippen LogP contribution in [-0.4, -0.2) is 57.7 Å². The van der Waals surface area contributed by atoms with E-state index in [0.717, 1.165) is 29.7 Å². The zero-order valence-corrected chi connectivity index (χ0v) is 17.4. The fourth-order valence-corrected chi connectivity index (χ4v) is 3.83. The lowest BCUT2D eigenvalue weighted by atomic mass is 9.88. The minimum atomic E-state index is -0.270. The number of halogens is 1. The van der Waals surface area contributed by atoms with E-state index in [4.69, 9.17) is 4.98 Å². The Kier molecular flexibility index (Phi) is 5.48. The molecule has 0 saturated carbocycles. The maximum absolute atomic E-state index is 13.4. The third kappa shape index (κ3) is 4.03. The Hall–Kier alpha value is -3.29. The molecule has 1 fully saturated rings. The van der Waals surface area contributed by atoms with Crippen molar-refractivity contribution in [1.82, 2.24) is 24.6 Å². The van der Waals surface area contributed by atoms with Gasteiger partial charge in [0, 0.05) is 58.1 Å². The molecule has 0 unspecified atom stereocenters. The lowest BCUT2D eigenvalue weighted by molar-refractivity contribution is 0.0712. The highest BCUT2D eigenvalue weighted by Gasteiger charge is 2.28. The van der Waals surface area contributed by atoms with Crippen LogP contribution in [0.4, 0.5) is 10.3 Å². The van der Waals surface area contributed by atoms with Gasteiger partial charge < -0.3 is 9.80 Å². The van der Waals surface area contributed by atoms with Crippen molar-refractivity contribution in [1.29, 1.82) is 0 Å². The summed E-state index contributed by atoms with van der Waals surface area (Å²) in [6, 6.07) is 6.42. The third-order valence-electron chi connectivity index (χ3n) is 5.48. The molecule has 3 aromatic rings. The van der Waals surface area contributed by atoms with E-state index in [0.29, 0.717) is 24.6 Å². The Balaban J connectivity index is 1.58. The van der Waals surface area contributed by atoms with Crippen LogP contribution >= 0.6 is 0 Å². The van der Waals surface area contributed by atoms with Crippen LogP contribution in [0.3, 0.4) is 0 Å². The van der Waals surface area contributed by atoms with Crippen LogP contribution in [0.25, 0.3) is 11.1 Å². The van der Waals surface area contributed by atoms with Crippen LogP contribution in [0, 0.1) is 5.82 Å². The molecule has 2 aromatic heterocycles. The van der Waals surface area contributed by atoms with E-state index >= 15 is 0 Å². The van der Waals surface area contributed by atoms with Crippen molar-refractivity contribution in [3.05, 3.63) is 59.9 Å². The molecule has 0 aliphatic carbocycles. The maximum Gasteiger partial charge on any atom is 0.257 e. The lowest BCUT2D eigenvalue weighted by Gasteiger charge is -2.32. The average Bonchev–Trinajstić information content (AvgIpc) is 3.20. The van der Waals surface area contributed by atoms with Gasteiger partial charge in [-0.15, -0.1) is 0 Å². The highest BCUT2D eigenvalue weighted by molar-refractivity contribution is 5.93. The number of carbonyl (C=O) groups is 1. The van der Waals surface area contributed by atoms with E-state index in [-0.39, 0.29) is 17.6 Å². The number of anilines is 1. The molecule has 0 atom stereocenters. The molecule has 7 nitrogen and oxygen atoms in total. The number of hydrogen-bond donors (Lipinski definition) is 0. The number of rotatable bonds is 4. The molecule has 4 rings (SSSR count). The standard InChI is InChI=1S/C22H25FN6O/c1-27(2)22-24-13-19(15-4-6-18(23)7-5-15)20(26-22)16-8-10-29(11-9-16)21(30)17-12-25-28(3)14-17/h4-7,12-14,16H,8-11H2,1-3H3. The average molecular weight is 408 g/mol. The van der Waals surface area contributed by atoms with Crippen LogP contribution < -0.4 is 4.90 Å². The number of aryl methyl sites for hydroxylation is 1. The largest absolute Gasteiger partial charge is 0.347 e. The number of amides is 1. The van der Waals surface area contributed by atoms with Crippen LogP contribution in [0.15, 0.2) is 42.9 Å². The van der Waals surface area contributed by atoms with Crippen LogP contribution in [0.1, 0.15) is 34.8 Å². The van der Waals surface area contributed by atoms with Crippen molar-refractivity contribution < 1.29 is 9.18 Å². The molecule has 3 heterocycles. The molecule has 1 saturated heterocycles. The molecule has 0 radical (unpaired) electrons. The smallest absolute Gasteiger partial charge is 0.257 e. The summed E-state index contributed by atoms with van der Waals surface area (Å²) in [6.45, 7) is 1.31. The molecule has 0 N–H and O–H groups in total. The van der Waals surface area contributed by atoms with Gasteiger partial charge in [-0.05, 0) is 30.5 Å². The Morgan fingerprint density at radius 3 is 2.43 bits per heavy atom. The Morgan fingerprint density at radius 2 is 1.83 bits per heavy atom. The van der Waals surface area contributed by atoms with Crippen molar-refractivity contribution in [3.63, 3.8) is 0 Å². The second kappa shape index (κ2) is 8.22. The first-order chi connectivity index (χ1) is 14.4. The summed E-state index contributed by atoms with van der Waals surface area (Å²) in [5.74, 6) is 0.583. The Labute approximate surface area is 175 Å². The first-order valence-corrected chi connectivity index (χ1v) is 10.0. The third-order valence-corrected chi connectivity index (χ3v) is 5.48. The van der Waals surface area contributed by atoms with Crippen LogP contribution in [-0.2, 0) is 7.05 Å². The second-order valence-corrected chi connectivity index (χ2v) is 7.84. The van der Waals surface area contributed by atoms with E-state index in [2.05, 4.69) is 10.1 Å². The van der Waals surface area contributed by atoms with Gasteiger partial charge in [-0.25, -0.2) is 14.4 Å². The molecule has 1 amide bonds. The summed E-state index contributed by atoms with van der Waals surface area (Å²) in [5, 5.41) is 4.09. The molecule has 8 heteroatoms. The predicted molar refractivity (Wildman–Crippen MR) is 113 cm³/mol. The molecule has 1 aliphatic heterocycles. The van der Waals surface area contributed by atoms with Gasteiger partial charge >= 0.3 is 0 Å². The highest BCUT2D eigenvalue weighted by Crippen LogP contribution is 2.35. The van der Waals surface area contributed by atoms with E-state index in [9.17, 15) is 9.18 Å². The summed E-state index contributed by atoms with van der Waals surface area (Å²) in [4.78, 5) is 25.8. The van der Waals surface area contributed by atoms with Crippen molar-refractivity contribution in [2.75, 3.05) is 32.1 Å². The van der Waals surface area contributed by atoms with Gasteiger partial charge in [0.1, 0.15) is 5.82 Å². The van der Waals surface area contributed by atoms with Crippen LogP contribution in [0.2, 0.25) is 0 Å². The zero-order valence-electron chi connectivity index (χ0n) is 17.4. The monoisotopic (exact) mass is 408 g/mol. The van der Waals surface area contributed by atoms with Gasteiger partial charge in [-0.3, -0.25) is 9.48 Å². The van der Waals surface area contributed by atoms with Crippen molar-refractivity contribution in [2.24, 2.45) is 7.05 Å². The van der Waals surface area contributed by atoms with E-state index in [1.54, 1.807) is 36.3 Å². The maximum atomic E-state index is 13.4. The number of likely N-dealkylation sites (tertiary alicyclic amines) is 1. The van der Waals surface area contributed by atoms with E-state index in [1.807, 2.05) is 30.1 Å².